The SMILES string of the molecule is CCn1ncc(Cl)c1-c1cnc(N)s1. The Bertz CT molecular complexity index is 448. The number of aryl methyl sites for hydroxylation is 1. The first-order chi connectivity index (χ1) is 6.72. The monoisotopic (exact) mass is 228 g/mol. The normalized spacial score (nSPS) is 10.7. The minimum Gasteiger partial charge on any atom is -0.375 e. The summed E-state index contributed by atoms with van der Waals surface area (Å²) < 4.78 is 1.83. The van der Waals surface area contributed by atoms with Crippen LogP contribution in [0.25, 0.3) is 10.6 Å². The Kier molecular flexibility index (Phi) is 2.43. The van der Waals surface area contributed by atoms with E-state index in [2.05, 4.69) is 10.1 Å². The minimum absolute atomic E-state index is 0.542. The van der Waals surface area contributed by atoms with Crippen LogP contribution in [0.3, 0.4) is 0 Å². The summed E-state index contributed by atoms with van der Waals surface area (Å²) in [6.07, 6.45) is 3.35. The number of nitrogen functional groups attached to an aromatic ring is 1. The molecule has 0 saturated heterocycles. The summed E-state index contributed by atoms with van der Waals surface area (Å²) in [7, 11) is 0. The van der Waals surface area contributed by atoms with Crippen molar-refractivity contribution < 1.29 is 0 Å². The molecule has 2 aromatic heterocycles. The number of nitrogens with two attached hydrogens (primary N) is 1. The summed E-state index contributed by atoms with van der Waals surface area (Å²) in [6, 6.07) is 0. The Hall–Kier alpha value is -1.07. The van der Waals surface area contributed by atoms with E-state index in [1.165, 1.54) is 11.3 Å². The van der Waals surface area contributed by atoms with Gasteiger partial charge in [-0.3, -0.25) is 4.68 Å². The van der Waals surface area contributed by atoms with Gasteiger partial charge in [0.25, 0.3) is 0 Å². The molecule has 0 aliphatic heterocycles. The van der Waals surface area contributed by atoms with Gasteiger partial charge in [-0.2, -0.15) is 5.10 Å². The molecule has 74 valence electrons. The van der Waals surface area contributed by atoms with Crippen LogP contribution in [0.5, 0.6) is 0 Å². The third-order valence-corrected chi connectivity index (χ3v) is 2.96. The summed E-state index contributed by atoms with van der Waals surface area (Å²) >= 11 is 7.43. The van der Waals surface area contributed by atoms with E-state index in [-0.39, 0.29) is 0 Å². The summed E-state index contributed by atoms with van der Waals surface area (Å²) in [5.74, 6) is 0. The molecule has 0 atom stereocenters. The molecule has 0 aliphatic rings. The van der Waals surface area contributed by atoms with E-state index in [0.717, 1.165) is 17.1 Å². The highest BCUT2D eigenvalue weighted by Gasteiger charge is 2.12. The highest BCUT2D eigenvalue weighted by molar-refractivity contribution is 7.18. The van der Waals surface area contributed by atoms with Crippen molar-refractivity contribution in [3.63, 3.8) is 0 Å². The topological polar surface area (TPSA) is 56.7 Å². The van der Waals surface area contributed by atoms with Crippen molar-refractivity contribution in [1.82, 2.24) is 14.8 Å². The van der Waals surface area contributed by atoms with Crippen LogP contribution in [0.15, 0.2) is 12.4 Å². The number of halogens is 1. The Labute approximate surface area is 90.3 Å². The van der Waals surface area contributed by atoms with Gasteiger partial charge in [0.15, 0.2) is 5.13 Å². The molecular formula is C8H9ClN4S. The highest BCUT2D eigenvalue weighted by atomic mass is 35.5. The number of nitrogens with zero attached hydrogens (tertiary/aromatic N) is 3. The zero-order chi connectivity index (χ0) is 10.1. The fourth-order valence-corrected chi connectivity index (χ4v) is 2.29. The zero-order valence-electron chi connectivity index (χ0n) is 7.57. The van der Waals surface area contributed by atoms with E-state index in [4.69, 9.17) is 17.3 Å². The second-order valence-electron chi connectivity index (χ2n) is 2.72. The number of rotatable bonds is 2. The second-order valence-corrected chi connectivity index (χ2v) is 4.19. The zero-order valence-corrected chi connectivity index (χ0v) is 9.14. The van der Waals surface area contributed by atoms with E-state index < -0.39 is 0 Å². The van der Waals surface area contributed by atoms with Gasteiger partial charge in [0.2, 0.25) is 0 Å². The molecule has 0 unspecified atom stereocenters. The highest BCUT2D eigenvalue weighted by Crippen LogP contribution is 2.32. The number of hydrogen-bond donors (Lipinski definition) is 1. The lowest BCUT2D eigenvalue weighted by Crippen LogP contribution is -1.97. The standard InChI is InChI=1S/C8H9ClN4S/c1-2-13-7(5(9)3-12-13)6-4-11-8(10)14-6/h3-4H,2H2,1H3,(H2,10,11). The summed E-state index contributed by atoms with van der Waals surface area (Å²) in [5, 5.41) is 5.32. The maximum Gasteiger partial charge on any atom is 0.180 e. The summed E-state index contributed by atoms with van der Waals surface area (Å²) in [5.41, 5.74) is 6.45. The Morgan fingerprint density at radius 2 is 2.36 bits per heavy atom. The van der Waals surface area contributed by atoms with Gasteiger partial charge in [-0.1, -0.05) is 22.9 Å². The molecule has 0 amide bonds. The van der Waals surface area contributed by atoms with Gasteiger partial charge in [-0.25, -0.2) is 4.98 Å². The molecule has 0 radical (unpaired) electrons. The van der Waals surface area contributed by atoms with Gasteiger partial charge in [0.05, 0.1) is 21.8 Å². The van der Waals surface area contributed by atoms with E-state index >= 15 is 0 Å². The average Bonchev–Trinajstić information content (AvgIpc) is 2.71. The predicted molar refractivity (Wildman–Crippen MR) is 58.4 cm³/mol. The molecule has 2 N–H and O–H groups in total. The number of anilines is 1. The number of aromatic nitrogens is 3. The van der Waals surface area contributed by atoms with Gasteiger partial charge in [-0.05, 0) is 6.92 Å². The lowest BCUT2D eigenvalue weighted by molar-refractivity contribution is 0.668. The molecule has 2 aromatic rings. The van der Waals surface area contributed by atoms with Crippen molar-refractivity contribution in [1.29, 1.82) is 0 Å². The first-order valence-corrected chi connectivity index (χ1v) is 5.34. The summed E-state index contributed by atoms with van der Waals surface area (Å²) in [6.45, 7) is 2.79. The molecule has 14 heavy (non-hydrogen) atoms. The fraction of sp³-hybridized carbons (Fsp3) is 0.250. The largest absolute Gasteiger partial charge is 0.375 e. The molecule has 4 nitrogen and oxygen atoms in total. The average molecular weight is 229 g/mol. The lowest BCUT2D eigenvalue weighted by Gasteiger charge is -2.01. The van der Waals surface area contributed by atoms with Crippen LogP contribution in [0.4, 0.5) is 5.13 Å². The first-order valence-electron chi connectivity index (χ1n) is 4.15. The van der Waals surface area contributed by atoms with Crippen molar-refractivity contribution in [2.45, 2.75) is 13.5 Å². The Morgan fingerprint density at radius 1 is 1.57 bits per heavy atom. The smallest absolute Gasteiger partial charge is 0.180 e. The van der Waals surface area contributed by atoms with Gasteiger partial charge in [0.1, 0.15) is 0 Å². The van der Waals surface area contributed by atoms with Crippen LogP contribution in [0.1, 0.15) is 6.92 Å². The third-order valence-electron chi connectivity index (χ3n) is 1.85. The molecule has 6 heteroatoms. The van der Waals surface area contributed by atoms with Crippen molar-refractivity contribution >= 4 is 28.1 Å². The van der Waals surface area contributed by atoms with Crippen molar-refractivity contribution in [2.24, 2.45) is 0 Å². The van der Waals surface area contributed by atoms with Gasteiger partial charge >= 0.3 is 0 Å². The second kappa shape index (κ2) is 3.59. The number of thiazole rings is 1. The van der Waals surface area contributed by atoms with Gasteiger partial charge in [0, 0.05) is 12.7 Å². The molecule has 2 rings (SSSR count). The Balaban J connectivity index is 2.54. The maximum atomic E-state index is 6.02. The fourth-order valence-electron chi connectivity index (χ4n) is 1.24. The predicted octanol–water partition coefficient (Wildman–Crippen LogP) is 2.26. The number of hydrogen-bond acceptors (Lipinski definition) is 4. The van der Waals surface area contributed by atoms with Gasteiger partial charge < -0.3 is 5.73 Å². The van der Waals surface area contributed by atoms with E-state index in [1.807, 2.05) is 11.6 Å². The quantitative estimate of drug-likeness (QED) is 0.858. The van der Waals surface area contributed by atoms with Crippen LogP contribution in [0, 0.1) is 0 Å². The summed E-state index contributed by atoms with van der Waals surface area (Å²) in [4.78, 5) is 4.94. The molecule has 2 heterocycles. The van der Waals surface area contributed by atoms with E-state index in [1.54, 1.807) is 12.4 Å². The Morgan fingerprint density at radius 3 is 2.93 bits per heavy atom. The first kappa shape index (κ1) is 9.48. The molecule has 0 spiro atoms. The molecule has 0 saturated carbocycles. The molecule has 0 aromatic carbocycles. The van der Waals surface area contributed by atoms with Crippen LogP contribution >= 0.6 is 22.9 Å². The van der Waals surface area contributed by atoms with Crippen molar-refractivity contribution in [3.8, 4) is 10.6 Å². The lowest BCUT2D eigenvalue weighted by atomic mass is 10.4. The van der Waals surface area contributed by atoms with Crippen LogP contribution < -0.4 is 5.73 Å². The van der Waals surface area contributed by atoms with Gasteiger partial charge in [-0.15, -0.1) is 0 Å². The van der Waals surface area contributed by atoms with E-state index in [0.29, 0.717) is 10.2 Å². The van der Waals surface area contributed by atoms with Crippen molar-refractivity contribution in [3.05, 3.63) is 17.4 Å². The molecule has 0 bridgehead atoms. The molecule has 0 fully saturated rings. The van der Waals surface area contributed by atoms with Crippen LogP contribution in [-0.4, -0.2) is 14.8 Å². The van der Waals surface area contributed by atoms with Crippen LogP contribution in [0.2, 0.25) is 5.02 Å². The van der Waals surface area contributed by atoms with Crippen LogP contribution in [-0.2, 0) is 6.54 Å². The molecular weight excluding hydrogens is 220 g/mol. The third kappa shape index (κ3) is 1.49. The maximum absolute atomic E-state index is 6.02. The van der Waals surface area contributed by atoms with E-state index in [9.17, 15) is 0 Å². The minimum atomic E-state index is 0.542. The van der Waals surface area contributed by atoms with Crippen molar-refractivity contribution in [2.75, 3.05) is 5.73 Å². The molecule has 0 aliphatic carbocycles.